The molecule has 4 heteroatoms. The number of unbranched alkanes of at least 4 members (excludes halogenated alkanes) is 1. The summed E-state index contributed by atoms with van der Waals surface area (Å²) in [6, 6.07) is 0. The van der Waals surface area contributed by atoms with Gasteiger partial charge in [0.1, 0.15) is 5.82 Å². The van der Waals surface area contributed by atoms with Crippen LogP contribution in [-0.4, -0.2) is 22.8 Å². The fourth-order valence-corrected chi connectivity index (χ4v) is 2.20. The average Bonchev–Trinajstić information content (AvgIpc) is 2.69. The molecule has 1 aromatic heterocycles. The van der Waals surface area contributed by atoms with Crippen molar-refractivity contribution < 1.29 is 4.74 Å². The summed E-state index contributed by atoms with van der Waals surface area (Å²) in [5, 5.41) is 0. The molecule has 1 aliphatic heterocycles. The molecule has 2 heterocycles. The molecule has 0 spiro atoms. The average molecular weight is 223 g/mol. The third-order valence-electron chi connectivity index (χ3n) is 3.27. The number of hydrogen-bond acceptors (Lipinski definition) is 3. The van der Waals surface area contributed by atoms with Crippen LogP contribution in [0, 0.1) is 0 Å². The summed E-state index contributed by atoms with van der Waals surface area (Å²) >= 11 is 0. The molecule has 1 saturated heterocycles. The Balaban J connectivity index is 2.06. The summed E-state index contributed by atoms with van der Waals surface area (Å²) in [5.74, 6) is 1.36. The van der Waals surface area contributed by atoms with Gasteiger partial charge in [0.25, 0.3) is 0 Å². The van der Waals surface area contributed by atoms with Crippen LogP contribution in [0.1, 0.15) is 44.2 Å². The van der Waals surface area contributed by atoms with Crippen molar-refractivity contribution in [2.24, 2.45) is 0 Å². The van der Waals surface area contributed by atoms with E-state index in [1.54, 1.807) is 0 Å². The van der Waals surface area contributed by atoms with Gasteiger partial charge in [0.05, 0.1) is 12.0 Å². The van der Waals surface area contributed by atoms with Gasteiger partial charge in [0, 0.05) is 25.7 Å². The number of aromatic nitrogens is 2. The van der Waals surface area contributed by atoms with E-state index in [0.29, 0.717) is 5.92 Å². The van der Waals surface area contributed by atoms with Gasteiger partial charge in [0.15, 0.2) is 0 Å². The Kier molecular flexibility index (Phi) is 3.83. The Hall–Kier alpha value is -1.03. The van der Waals surface area contributed by atoms with Gasteiger partial charge in [0.2, 0.25) is 0 Å². The minimum Gasteiger partial charge on any atom is -0.384 e. The smallest absolute Gasteiger partial charge is 0.126 e. The van der Waals surface area contributed by atoms with Gasteiger partial charge in [-0.05, 0) is 19.3 Å². The molecule has 16 heavy (non-hydrogen) atoms. The number of imidazole rings is 1. The molecule has 0 bridgehead atoms. The van der Waals surface area contributed by atoms with E-state index in [4.69, 9.17) is 10.5 Å². The first-order chi connectivity index (χ1) is 7.83. The van der Waals surface area contributed by atoms with E-state index in [-0.39, 0.29) is 0 Å². The van der Waals surface area contributed by atoms with Crippen LogP contribution in [0.3, 0.4) is 0 Å². The maximum absolute atomic E-state index is 6.13. The van der Waals surface area contributed by atoms with Crippen molar-refractivity contribution in [3.8, 4) is 0 Å². The SMILES string of the molecule is CCCCn1cnc(C2CCOCC2)c1N. The largest absolute Gasteiger partial charge is 0.384 e. The van der Waals surface area contributed by atoms with E-state index >= 15 is 0 Å². The predicted molar refractivity (Wildman–Crippen MR) is 64.3 cm³/mol. The lowest BCUT2D eigenvalue weighted by atomic mass is 9.96. The van der Waals surface area contributed by atoms with Crippen molar-refractivity contribution in [1.82, 2.24) is 9.55 Å². The van der Waals surface area contributed by atoms with Crippen LogP contribution in [-0.2, 0) is 11.3 Å². The monoisotopic (exact) mass is 223 g/mol. The minimum atomic E-state index is 0.497. The number of rotatable bonds is 4. The summed E-state index contributed by atoms with van der Waals surface area (Å²) in [4.78, 5) is 4.47. The Morgan fingerprint density at radius 2 is 2.25 bits per heavy atom. The zero-order chi connectivity index (χ0) is 11.4. The molecule has 2 rings (SSSR count). The second kappa shape index (κ2) is 5.34. The van der Waals surface area contributed by atoms with Crippen LogP contribution in [0.4, 0.5) is 5.82 Å². The zero-order valence-corrected chi connectivity index (χ0v) is 9.98. The Morgan fingerprint density at radius 3 is 2.94 bits per heavy atom. The molecule has 0 unspecified atom stereocenters. The molecule has 0 aliphatic carbocycles. The normalized spacial score (nSPS) is 17.8. The van der Waals surface area contributed by atoms with Gasteiger partial charge in [-0.25, -0.2) is 4.98 Å². The molecule has 2 N–H and O–H groups in total. The highest BCUT2D eigenvalue weighted by Crippen LogP contribution is 2.29. The van der Waals surface area contributed by atoms with Gasteiger partial charge in [-0.2, -0.15) is 0 Å². The van der Waals surface area contributed by atoms with Gasteiger partial charge >= 0.3 is 0 Å². The number of aryl methyl sites for hydroxylation is 1. The molecule has 0 amide bonds. The molecule has 0 radical (unpaired) electrons. The van der Waals surface area contributed by atoms with Gasteiger partial charge in [-0.1, -0.05) is 13.3 Å². The quantitative estimate of drug-likeness (QED) is 0.851. The first-order valence-corrected chi connectivity index (χ1v) is 6.21. The lowest BCUT2D eigenvalue weighted by Crippen LogP contribution is -2.16. The molecular formula is C12H21N3O. The van der Waals surface area contributed by atoms with Gasteiger partial charge in [-0.15, -0.1) is 0 Å². The fourth-order valence-electron chi connectivity index (χ4n) is 2.20. The Bertz CT molecular complexity index is 329. The summed E-state index contributed by atoms with van der Waals surface area (Å²) in [5.41, 5.74) is 7.22. The third-order valence-corrected chi connectivity index (χ3v) is 3.27. The van der Waals surface area contributed by atoms with E-state index in [9.17, 15) is 0 Å². The molecule has 0 saturated carbocycles. The second-order valence-electron chi connectivity index (χ2n) is 4.45. The lowest BCUT2D eigenvalue weighted by molar-refractivity contribution is 0.0847. The Morgan fingerprint density at radius 1 is 1.50 bits per heavy atom. The minimum absolute atomic E-state index is 0.497. The standard InChI is InChI=1S/C12H21N3O/c1-2-3-6-15-9-14-11(12(15)13)10-4-7-16-8-5-10/h9-10H,2-8,13H2,1H3. The number of ether oxygens (including phenoxy) is 1. The van der Waals surface area contributed by atoms with Crippen LogP contribution in [0.5, 0.6) is 0 Å². The number of anilines is 1. The Labute approximate surface area is 96.8 Å². The van der Waals surface area contributed by atoms with Crippen LogP contribution in [0.2, 0.25) is 0 Å². The van der Waals surface area contributed by atoms with Crippen LogP contribution in [0.15, 0.2) is 6.33 Å². The van der Waals surface area contributed by atoms with Crippen molar-refractivity contribution in [3.05, 3.63) is 12.0 Å². The predicted octanol–water partition coefficient (Wildman–Crippen LogP) is 2.16. The lowest BCUT2D eigenvalue weighted by Gasteiger charge is -2.21. The molecule has 0 atom stereocenters. The van der Waals surface area contributed by atoms with Gasteiger partial charge in [-0.3, -0.25) is 0 Å². The molecule has 0 aromatic carbocycles. The first-order valence-electron chi connectivity index (χ1n) is 6.21. The number of nitrogens with two attached hydrogens (primary N) is 1. The van der Waals surface area contributed by atoms with E-state index in [1.807, 2.05) is 6.33 Å². The van der Waals surface area contributed by atoms with Crippen LogP contribution < -0.4 is 5.73 Å². The topological polar surface area (TPSA) is 53.1 Å². The highest BCUT2D eigenvalue weighted by molar-refractivity contribution is 5.38. The van der Waals surface area contributed by atoms with Crippen LogP contribution in [0.25, 0.3) is 0 Å². The molecule has 1 aliphatic rings. The third kappa shape index (κ3) is 2.38. The van der Waals surface area contributed by atoms with Crippen molar-refractivity contribution in [2.75, 3.05) is 18.9 Å². The van der Waals surface area contributed by atoms with Crippen molar-refractivity contribution in [1.29, 1.82) is 0 Å². The van der Waals surface area contributed by atoms with E-state index in [2.05, 4.69) is 16.5 Å². The summed E-state index contributed by atoms with van der Waals surface area (Å²) < 4.78 is 7.44. The second-order valence-corrected chi connectivity index (χ2v) is 4.45. The number of hydrogen-bond donors (Lipinski definition) is 1. The van der Waals surface area contributed by atoms with Crippen molar-refractivity contribution in [2.45, 2.75) is 45.1 Å². The van der Waals surface area contributed by atoms with Crippen molar-refractivity contribution >= 4 is 5.82 Å². The zero-order valence-electron chi connectivity index (χ0n) is 9.98. The molecule has 4 nitrogen and oxygen atoms in total. The maximum atomic E-state index is 6.13. The van der Waals surface area contributed by atoms with Crippen LogP contribution >= 0.6 is 0 Å². The van der Waals surface area contributed by atoms with E-state index in [0.717, 1.165) is 50.5 Å². The maximum Gasteiger partial charge on any atom is 0.126 e. The highest BCUT2D eigenvalue weighted by atomic mass is 16.5. The number of nitrogens with zero attached hydrogens (tertiary/aromatic N) is 2. The van der Waals surface area contributed by atoms with E-state index in [1.165, 1.54) is 6.42 Å². The van der Waals surface area contributed by atoms with E-state index < -0.39 is 0 Å². The summed E-state index contributed by atoms with van der Waals surface area (Å²) in [6.07, 6.45) is 6.33. The number of nitrogen functional groups attached to an aromatic ring is 1. The fraction of sp³-hybridized carbons (Fsp3) is 0.750. The summed E-state index contributed by atoms with van der Waals surface area (Å²) in [6.45, 7) is 4.85. The molecule has 1 aromatic rings. The molecule has 90 valence electrons. The first kappa shape index (κ1) is 11.5. The molecule has 1 fully saturated rings. The van der Waals surface area contributed by atoms with Gasteiger partial charge < -0.3 is 15.0 Å². The molecular weight excluding hydrogens is 202 g/mol. The van der Waals surface area contributed by atoms with Crippen molar-refractivity contribution in [3.63, 3.8) is 0 Å². The summed E-state index contributed by atoms with van der Waals surface area (Å²) in [7, 11) is 0. The highest BCUT2D eigenvalue weighted by Gasteiger charge is 2.21.